The second-order valence-corrected chi connectivity index (χ2v) is 5.93. The lowest BCUT2D eigenvalue weighted by Gasteiger charge is -2.22. The number of carbonyl (C=O) groups is 2. The Bertz CT molecular complexity index is 501. The van der Waals surface area contributed by atoms with Crippen LogP contribution >= 0.6 is 11.8 Å². The van der Waals surface area contributed by atoms with Gasteiger partial charge in [0.1, 0.15) is 0 Å². The third kappa shape index (κ3) is 5.06. The molecule has 1 fully saturated rings. The predicted molar refractivity (Wildman–Crippen MR) is 84.8 cm³/mol. The number of benzene rings is 1. The first kappa shape index (κ1) is 15.9. The number of ether oxygens (including phenoxy) is 1. The van der Waals surface area contributed by atoms with E-state index in [2.05, 4.69) is 10.6 Å². The molecule has 0 aliphatic carbocycles. The van der Waals surface area contributed by atoms with Crippen LogP contribution in [0.2, 0.25) is 0 Å². The third-order valence-electron chi connectivity index (χ3n) is 3.09. The summed E-state index contributed by atoms with van der Waals surface area (Å²) >= 11 is 1.86. The van der Waals surface area contributed by atoms with Crippen molar-refractivity contribution < 1.29 is 14.3 Å². The molecule has 1 aliphatic rings. The molecular weight excluding hydrogens is 288 g/mol. The van der Waals surface area contributed by atoms with E-state index in [9.17, 15) is 9.59 Å². The van der Waals surface area contributed by atoms with Crippen LogP contribution in [0.25, 0.3) is 0 Å². The summed E-state index contributed by atoms with van der Waals surface area (Å²) in [6, 6.07) is 7.03. The Morgan fingerprint density at radius 3 is 3.05 bits per heavy atom. The van der Waals surface area contributed by atoms with Crippen LogP contribution < -0.4 is 10.6 Å². The lowest BCUT2D eigenvalue weighted by Crippen LogP contribution is -2.39. The number of hydrogen-bond acceptors (Lipinski definition) is 5. The van der Waals surface area contributed by atoms with Crippen molar-refractivity contribution in [3.05, 3.63) is 29.8 Å². The van der Waals surface area contributed by atoms with Crippen molar-refractivity contribution in [2.75, 3.05) is 30.0 Å². The smallest absolute Gasteiger partial charge is 0.338 e. The van der Waals surface area contributed by atoms with E-state index in [-0.39, 0.29) is 17.9 Å². The summed E-state index contributed by atoms with van der Waals surface area (Å²) in [6.07, 6.45) is 0.441. The normalized spacial score (nSPS) is 18.0. The zero-order valence-corrected chi connectivity index (χ0v) is 12.9. The molecule has 0 saturated carbocycles. The SMILES string of the molecule is CCOC(=O)c1cccc(NC(=O)CC2CSCCN2)c1. The Morgan fingerprint density at radius 1 is 1.48 bits per heavy atom. The van der Waals surface area contributed by atoms with Crippen molar-refractivity contribution in [1.29, 1.82) is 0 Å². The first-order chi connectivity index (χ1) is 10.2. The van der Waals surface area contributed by atoms with Crippen LogP contribution in [-0.4, -0.2) is 42.6 Å². The Morgan fingerprint density at radius 2 is 2.33 bits per heavy atom. The summed E-state index contributed by atoms with van der Waals surface area (Å²) in [5.74, 6) is 1.63. The van der Waals surface area contributed by atoms with Crippen molar-refractivity contribution >= 4 is 29.3 Å². The number of hydrogen-bond donors (Lipinski definition) is 2. The van der Waals surface area contributed by atoms with Crippen LogP contribution in [0.4, 0.5) is 5.69 Å². The maximum atomic E-state index is 12.0. The van der Waals surface area contributed by atoms with Gasteiger partial charge < -0.3 is 15.4 Å². The fourth-order valence-corrected chi connectivity index (χ4v) is 3.07. The molecule has 1 aromatic rings. The standard InChI is InChI=1S/C15H20N2O3S/c1-2-20-15(19)11-4-3-5-12(8-11)17-14(18)9-13-10-21-7-6-16-13/h3-5,8,13,16H,2,6-7,9-10H2,1H3,(H,17,18). The highest BCUT2D eigenvalue weighted by molar-refractivity contribution is 7.99. The van der Waals surface area contributed by atoms with Crippen molar-refractivity contribution in [2.45, 2.75) is 19.4 Å². The number of carbonyl (C=O) groups excluding carboxylic acids is 2. The van der Waals surface area contributed by atoms with Crippen LogP contribution in [-0.2, 0) is 9.53 Å². The van der Waals surface area contributed by atoms with E-state index >= 15 is 0 Å². The quantitative estimate of drug-likeness (QED) is 0.813. The molecule has 1 unspecified atom stereocenters. The molecule has 5 nitrogen and oxygen atoms in total. The molecule has 0 spiro atoms. The third-order valence-corrected chi connectivity index (χ3v) is 4.22. The highest BCUT2D eigenvalue weighted by Crippen LogP contribution is 2.14. The van der Waals surface area contributed by atoms with Crippen molar-refractivity contribution in [2.24, 2.45) is 0 Å². The minimum Gasteiger partial charge on any atom is -0.462 e. The Kier molecular flexibility index (Phi) is 6.07. The van der Waals surface area contributed by atoms with Gasteiger partial charge in [0.25, 0.3) is 0 Å². The fourth-order valence-electron chi connectivity index (χ4n) is 2.12. The molecule has 6 heteroatoms. The Labute approximate surface area is 128 Å². The largest absolute Gasteiger partial charge is 0.462 e. The maximum absolute atomic E-state index is 12.0. The molecule has 1 saturated heterocycles. The van der Waals surface area contributed by atoms with Gasteiger partial charge in [-0.25, -0.2) is 4.79 Å². The van der Waals surface area contributed by atoms with E-state index in [0.717, 1.165) is 18.1 Å². The van der Waals surface area contributed by atoms with E-state index in [1.807, 2.05) is 11.8 Å². The van der Waals surface area contributed by atoms with Crippen LogP contribution in [0.1, 0.15) is 23.7 Å². The number of anilines is 1. The molecule has 2 rings (SSSR count). The Hall–Kier alpha value is -1.53. The molecule has 21 heavy (non-hydrogen) atoms. The van der Waals surface area contributed by atoms with Gasteiger partial charge in [-0.3, -0.25) is 4.79 Å². The van der Waals surface area contributed by atoms with E-state index < -0.39 is 0 Å². The second-order valence-electron chi connectivity index (χ2n) is 4.78. The van der Waals surface area contributed by atoms with E-state index in [1.54, 1.807) is 31.2 Å². The van der Waals surface area contributed by atoms with Crippen LogP contribution in [0.3, 0.4) is 0 Å². The van der Waals surface area contributed by atoms with Crippen molar-refractivity contribution in [1.82, 2.24) is 5.32 Å². The summed E-state index contributed by atoms with van der Waals surface area (Å²) in [4.78, 5) is 23.7. The molecule has 0 aromatic heterocycles. The van der Waals surface area contributed by atoms with Gasteiger partial charge in [0.2, 0.25) is 5.91 Å². The molecule has 114 valence electrons. The summed E-state index contributed by atoms with van der Waals surface area (Å²) in [6.45, 7) is 3.04. The van der Waals surface area contributed by atoms with Crippen molar-refractivity contribution in [3.63, 3.8) is 0 Å². The maximum Gasteiger partial charge on any atom is 0.338 e. The second kappa shape index (κ2) is 8.05. The zero-order chi connectivity index (χ0) is 15.1. The van der Waals surface area contributed by atoms with E-state index in [1.165, 1.54) is 0 Å². The van der Waals surface area contributed by atoms with Gasteiger partial charge in [-0.15, -0.1) is 0 Å². The van der Waals surface area contributed by atoms with Crippen molar-refractivity contribution in [3.8, 4) is 0 Å². The highest BCUT2D eigenvalue weighted by atomic mass is 32.2. The topological polar surface area (TPSA) is 67.4 Å². The van der Waals surface area contributed by atoms with Gasteiger partial charge in [-0.2, -0.15) is 11.8 Å². The van der Waals surface area contributed by atoms with Gasteiger partial charge in [0.05, 0.1) is 12.2 Å². The zero-order valence-electron chi connectivity index (χ0n) is 12.1. The first-order valence-corrected chi connectivity index (χ1v) is 8.22. The number of thioether (sulfide) groups is 1. The minimum atomic E-state index is -0.376. The van der Waals surface area contributed by atoms with Gasteiger partial charge in [-0.1, -0.05) is 6.07 Å². The first-order valence-electron chi connectivity index (χ1n) is 7.07. The average molecular weight is 308 g/mol. The monoisotopic (exact) mass is 308 g/mol. The molecule has 1 aromatic carbocycles. The van der Waals surface area contributed by atoms with E-state index in [0.29, 0.717) is 24.3 Å². The van der Waals surface area contributed by atoms with E-state index in [4.69, 9.17) is 4.74 Å². The summed E-state index contributed by atoms with van der Waals surface area (Å²) in [5, 5.41) is 6.16. The van der Waals surface area contributed by atoms with Crippen LogP contribution in [0, 0.1) is 0 Å². The number of amides is 1. The Balaban J connectivity index is 1.91. The summed E-state index contributed by atoms with van der Waals surface area (Å²) < 4.78 is 4.95. The van der Waals surface area contributed by atoms with Gasteiger partial charge in [-0.05, 0) is 25.1 Å². The average Bonchev–Trinajstić information content (AvgIpc) is 2.48. The fraction of sp³-hybridized carbons (Fsp3) is 0.467. The molecule has 1 amide bonds. The lowest BCUT2D eigenvalue weighted by molar-refractivity contribution is -0.116. The predicted octanol–water partition coefficient (Wildman–Crippen LogP) is 1.90. The lowest BCUT2D eigenvalue weighted by atomic mass is 10.2. The molecule has 0 radical (unpaired) electrons. The summed E-state index contributed by atoms with van der Waals surface area (Å²) in [7, 11) is 0. The summed E-state index contributed by atoms with van der Waals surface area (Å²) in [5.41, 5.74) is 1.06. The van der Waals surface area contributed by atoms with Gasteiger partial charge in [0.15, 0.2) is 0 Å². The molecular formula is C15H20N2O3S. The number of esters is 1. The van der Waals surface area contributed by atoms with Crippen LogP contribution in [0.15, 0.2) is 24.3 Å². The van der Waals surface area contributed by atoms with Gasteiger partial charge >= 0.3 is 5.97 Å². The number of rotatable bonds is 5. The van der Waals surface area contributed by atoms with Crippen LogP contribution in [0.5, 0.6) is 0 Å². The minimum absolute atomic E-state index is 0.0454. The molecule has 1 aliphatic heterocycles. The molecule has 1 atom stereocenters. The molecule has 0 bridgehead atoms. The molecule has 1 heterocycles. The number of nitrogens with one attached hydrogen (secondary N) is 2. The molecule has 2 N–H and O–H groups in total. The highest BCUT2D eigenvalue weighted by Gasteiger charge is 2.17. The van der Waals surface area contributed by atoms with Gasteiger partial charge in [0, 0.05) is 36.2 Å².